The van der Waals surface area contributed by atoms with Crippen molar-refractivity contribution < 1.29 is 0 Å². The first-order valence-electron chi connectivity index (χ1n) is 4.81. The highest BCUT2D eigenvalue weighted by Crippen LogP contribution is 2.40. The molecule has 0 atom stereocenters. The third-order valence-corrected chi connectivity index (χ3v) is 2.81. The Morgan fingerprint density at radius 2 is 1.92 bits per heavy atom. The molecule has 1 aliphatic carbocycles. The summed E-state index contributed by atoms with van der Waals surface area (Å²) in [5.41, 5.74) is 3.30. The Labute approximate surface area is 75.7 Å². The largest absolute Gasteiger partial charge is 0.132 e. The van der Waals surface area contributed by atoms with Gasteiger partial charge >= 0.3 is 0 Å². The number of allylic oxidation sites excluding steroid dienone is 2. The van der Waals surface area contributed by atoms with Crippen LogP contribution in [0, 0.1) is 5.41 Å². The fourth-order valence-corrected chi connectivity index (χ4v) is 2.17. The van der Waals surface area contributed by atoms with E-state index < -0.39 is 0 Å². The van der Waals surface area contributed by atoms with E-state index in [-0.39, 0.29) is 0 Å². The van der Waals surface area contributed by atoms with Crippen LogP contribution in [0.5, 0.6) is 0 Å². The standard InChI is InChI=1S/C12H18/c1-3-8-12(9-4-2)10-6-5-7-11-12/h3,9H,1-2,5-8,10-11H2. The summed E-state index contributed by atoms with van der Waals surface area (Å²) in [6, 6.07) is 0. The highest BCUT2D eigenvalue weighted by atomic mass is 14.3. The van der Waals surface area contributed by atoms with Gasteiger partial charge in [0.15, 0.2) is 0 Å². The van der Waals surface area contributed by atoms with Crippen molar-refractivity contribution in [2.75, 3.05) is 0 Å². The van der Waals surface area contributed by atoms with E-state index in [1.165, 1.54) is 32.1 Å². The van der Waals surface area contributed by atoms with Gasteiger partial charge in [0.05, 0.1) is 0 Å². The normalized spacial score (nSPS) is 21.0. The van der Waals surface area contributed by atoms with E-state index in [0.29, 0.717) is 5.41 Å². The molecule has 0 amide bonds. The monoisotopic (exact) mass is 162 g/mol. The van der Waals surface area contributed by atoms with E-state index in [0.717, 1.165) is 6.42 Å². The van der Waals surface area contributed by atoms with E-state index in [2.05, 4.69) is 25.0 Å². The summed E-state index contributed by atoms with van der Waals surface area (Å²) >= 11 is 0. The van der Waals surface area contributed by atoms with Crippen LogP contribution in [0.1, 0.15) is 38.5 Å². The third-order valence-electron chi connectivity index (χ3n) is 2.81. The van der Waals surface area contributed by atoms with Gasteiger partial charge in [0.1, 0.15) is 0 Å². The Balaban J connectivity index is 2.68. The molecule has 0 radical (unpaired) electrons. The van der Waals surface area contributed by atoms with Crippen LogP contribution in [-0.4, -0.2) is 0 Å². The van der Waals surface area contributed by atoms with Crippen LogP contribution in [0.25, 0.3) is 0 Å². The van der Waals surface area contributed by atoms with Crippen LogP contribution in [0.4, 0.5) is 0 Å². The van der Waals surface area contributed by atoms with E-state index >= 15 is 0 Å². The molecule has 1 rings (SSSR count). The Bertz CT molecular complexity index is 188. The molecule has 66 valence electrons. The SMILES string of the molecule is C=C=CC1(CC=C)CCCCC1. The molecule has 0 N–H and O–H groups in total. The molecule has 0 spiro atoms. The van der Waals surface area contributed by atoms with Gasteiger partial charge in [-0.15, -0.1) is 12.3 Å². The summed E-state index contributed by atoms with van der Waals surface area (Å²) in [6.45, 7) is 7.48. The second kappa shape index (κ2) is 4.33. The van der Waals surface area contributed by atoms with Gasteiger partial charge in [-0.3, -0.25) is 0 Å². The lowest BCUT2D eigenvalue weighted by Crippen LogP contribution is -2.20. The molecule has 0 heteroatoms. The zero-order chi connectivity index (χ0) is 8.86. The van der Waals surface area contributed by atoms with Crippen molar-refractivity contribution in [2.45, 2.75) is 38.5 Å². The Kier molecular flexibility index (Phi) is 3.37. The van der Waals surface area contributed by atoms with Crippen molar-refractivity contribution in [1.29, 1.82) is 0 Å². The van der Waals surface area contributed by atoms with Crippen molar-refractivity contribution in [3.05, 3.63) is 31.0 Å². The van der Waals surface area contributed by atoms with Gasteiger partial charge in [0.25, 0.3) is 0 Å². The number of rotatable bonds is 3. The van der Waals surface area contributed by atoms with Crippen molar-refractivity contribution in [2.24, 2.45) is 5.41 Å². The second-order valence-corrected chi connectivity index (χ2v) is 3.76. The van der Waals surface area contributed by atoms with E-state index in [9.17, 15) is 0 Å². The van der Waals surface area contributed by atoms with Gasteiger partial charge in [0.2, 0.25) is 0 Å². The highest BCUT2D eigenvalue weighted by molar-refractivity contribution is 5.02. The summed E-state index contributed by atoms with van der Waals surface area (Å²) in [5, 5.41) is 0. The van der Waals surface area contributed by atoms with Crippen LogP contribution in [0.15, 0.2) is 31.0 Å². The minimum absolute atomic E-state index is 0.363. The summed E-state index contributed by atoms with van der Waals surface area (Å²) in [6.07, 6.45) is 12.0. The molecule has 0 heterocycles. The molecular weight excluding hydrogens is 144 g/mol. The van der Waals surface area contributed by atoms with E-state index in [1.54, 1.807) is 0 Å². The molecule has 1 aliphatic rings. The molecule has 0 unspecified atom stereocenters. The van der Waals surface area contributed by atoms with Crippen LogP contribution in [0.3, 0.4) is 0 Å². The van der Waals surface area contributed by atoms with Crippen molar-refractivity contribution in [3.8, 4) is 0 Å². The van der Waals surface area contributed by atoms with Gasteiger partial charge < -0.3 is 0 Å². The predicted molar refractivity (Wildman–Crippen MR) is 54.0 cm³/mol. The fourth-order valence-electron chi connectivity index (χ4n) is 2.17. The molecule has 0 nitrogen and oxygen atoms in total. The molecule has 0 aromatic heterocycles. The summed E-state index contributed by atoms with van der Waals surface area (Å²) in [4.78, 5) is 0. The fraction of sp³-hybridized carbons (Fsp3) is 0.583. The minimum Gasteiger partial charge on any atom is -0.132 e. The predicted octanol–water partition coefficient (Wildman–Crippen LogP) is 3.85. The van der Waals surface area contributed by atoms with Crippen LogP contribution >= 0.6 is 0 Å². The van der Waals surface area contributed by atoms with Crippen LogP contribution < -0.4 is 0 Å². The van der Waals surface area contributed by atoms with Gasteiger partial charge in [-0.2, -0.15) is 0 Å². The van der Waals surface area contributed by atoms with Crippen molar-refractivity contribution in [3.63, 3.8) is 0 Å². The average Bonchev–Trinajstić information content (AvgIpc) is 2.07. The molecule has 1 fully saturated rings. The van der Waals surface area contributed by atoms with Crippen LogP contribution in [-0.2, 0) is 0 Å². The Morgan fingerprint density at radius 3 is 2.42 bits per heavy atom. The van der Waals surface area contributed by atoms with Crippen LogP contribution in [0.2, 0.25) is 0 Å². The zero-order valence-corrected chi connectivity index (χ0v) is 7.81. The average molecular weight is 162 g/mol. The Morgan fingerprint density at radius 1 is 1.25 bits per heavy atom. The van der Waals surface area contributed by atoms with Crippen molar-refractivity contribution in [1.82, 2.24) is 0 Å². The van der Waals surface area contributed by atoms with E-state index in [1.807, 2.05) is 6.08 Å². The molecule has 12 heavy (non-hydrogen) atoms. The van der Waals surface area contributed by atoms with E-state index in [4.69, 9.17) is 0 Å². The maximum absolute atomic E-state index is 3.81. The van der Waals surface area contributed by atoms with Gasteiger partial charge in [0, 0.05) is 0 Å². The molecule has 0 aliphatic heterocycles. The lowest BCUT2D eigenvalue weighted by atomic mass is 9.72. The highest BCUT2D eigenvalue weighted by Gasteiger charge is 2.27. The maximum Gasteiger partial charge on any atom is -0.000835 e. The molecule has 0 aromatic carbocycles. The molecule has 0 saturated heterocycles. The first-order valence-corrected chi connectivity index (χ1v) is 4.81. The number of hydrogen-bond acceptors (Lipinski definition) is 0. The third kappa shape index (κ3) is 2.12. The lowest BCUT2D eigenvalue weighted by molar-refractivity contribution is 0.261. The van der Waals surface area contributed by atoms with Crippen molar-refractivity contribution >= 4 is 0 Å². The molecular formula is C12H18. The lowest BCUT2D eigenvalue weighted by Gasteiger charge is -2.32. The topological polar surface area (TPSA) is 0 Å². The molecule has 0 bridgehead atoms. The summed E-state index contributed by atoms with van der Waals surface area (Å²) < 4.78 is 0. The quantitative estimate of drug-likeness (QED) is 0.436. The van der Waals surface area contributed by atoms with Gasteiger partial charge in [-0.05, 0) is 30.8 Å². The zero-order valence-electron chi connectivity index (χ0n) is 7.81. The van der Waals surface area contributed by atoms with Gasteiger partial charge in [-0.25, -0.2) is 0 Å². The first kappa shape index (κ1) is 9.35. The molecule has 0 aromatic rings. The molecule has 1 saturated carbocycles. The number of hydrogen-bond donors (Lipinski definition) is 0. The second-order valence-electron chi connectivity index (χ2n) is 3.76. The summed E-state index contributed by atoms with van der Waals surface area (Å²) in [7, 11) is 0. The smallest absolute Gasteiger partial charge is 0.000835 e. The Hall–Kier alpha value is -0.740. The first-order chi connectivity index (χ1) is 5.83. The minimum atomic E-state index is 0.363. The van der Waals surface area contributed by atoms with Gasteiger partial charge in [-0.1, -0.05) is 31.9 Å². The summed E-state index contributed by atoms with van der Waals surface area (Å²) in [5.74, 6) is 0. The maximum atomic E-state index is 3.81.